The van der Waals surface area contributed by atoms with E-state index in [9.17, 15) is 75.7 Å². The van der Waals surface area contributed by atoms with Gasteiger partial charge in [0.25, 0.3) is 0 Å². The van der Waals surface area contributed by atoms with E-state index in [-0.39, 0.29) is 31.1 Å². The summed E-state index contributed by atoms with van der Waals surface area (Å²) in [5.41, 5.74) is 0. The van der Waals surface area contributed by atoms with Crippen LogP contribution in [0.1, 0.15) is 70.6 Å². The zero-order chi connectivity index (χ0) is 52.1. The fourth-order valence-electron chi connectivity index (χ4n) is 11.1. The minimum atomic E-state index is -1.96. The van der Waals surface area contributed by atoms with Gasteiger partial charge < -0.3 is 114 Å². The first-order valence-corrected chi connectivity index (χ1v) is 24.7. The molecule has 0 aromatic rings. The van der Waals surface area contributed by atoms with Crippen LogP contribution in [0.4, 0.5) is 0 Å². The molecule has 72 heavy (non-hydrogen) atoms. The first-order valence-electron chi connectivity index (χ1n) is 24.7. The first kappa shape index (κ1) is 57.1. The van der Waals surface area contributed by atoms with Crippen LogP contribution in [0, 0.1) is 17.8 Å². The first-order chi connectivity index (χ1) is 34.3. The van der Waals surface area contributed by atoms with E-state index in [4.69, 9.17) is 52.5 Å². The van der Waals surface area contributed by atoms with Crippen molar-refractivity contribution in [3.63, 3.8) is 0 Å². The maximum Gasteiger partial charge on any atom is 0.330 e. The molecule has 24 atom stereocenters. The minimum Gasteiger partial charge on any atom is -0.481 e. The number of carboxylic acids is 1. The van der Waals surface area contributed by atoms with Gasteiger partial charge in [-0.15, -0.1) is 0 Å². The quantitative estimate of drug-likeness (QED) is 0.0280. The third kappa shape index (κ3) is 13.7. The van der Waals surface area contributed by atoms with Gasteiger partial charge in [-0.3, -0.25) is 9.59 Å². The molecule has 0 bridgehead atoms. The molecule has 7 fully saturated rings. The van der Waals surface area contributed by atoms with Crippen LogP contribution < -0.4 is 0 Å². The van der Waals surface area contributed by atoms with Crippen molar-refractivity contribution < 1.29 is 128 Å². The molecule has 0 aromatic heterocycles. The predicted octanol–water partition coefficient (Wildman–Crippen LogP) is -5.52. The van der Waals surface area contributed by atoms with E-state index in [1.807, 2.05) is 0 Å². The second kappa shape index (κ2) is 25.5. The molecular formula is C46H73O26+. The molecule has 7 aliphatic rings. The largest absolute Gasteiger partial charge is 0.481 e. The highest BCUT2D eigenvalue weighted by Gasteiger charge is 2.58. The number of carbonyl (C=O) groups is 3. The zero-order valence-corrected chi connectivity index (χ0v) is 39.7. The number of aliphatic hydroxyl groups excluding tert-OH is 12. The third-order valence-electron chi connectivity index (χ3n) is 15.2. The Bertz CT molecular complexity index is 1780. The van der Waals surface area contributed by atoms with E-state index in [1.165, 1.54) is 13.2 Å². The number of carboxylic acid groups (broad SMARTS) is 1. The molecular weight excluding hydrogens is 968 g/mol. The van der Waals surface area contributed by atoms with Gasteiger partial charge in [-0.1, -0.05) is 6.08 Å². The van der Waals surface area contributed by atoms with Crippen LogP contribution in [0.25, 0.3) is 0 Å². The van der Waals surface area contributed by atoms with E-state index in [1.54, 1.807) is 6.08 Å². The molecule has 4 saturated heterocycles. The molecule has 4 aliphatic heterocycles. The number of hydrogen-bond acceptors (Lipinski definition) is 24. The summed E-state index contributed by atoms with van der Waals surface area (Å²) in [6.45, 7) is -2.16. The fourth-order valence-corrected chi connectivity index (χ4v) is 11.1. The molecule has 3 saturated carbocycles. The van der Waals surface area contributed by atoms with Crippen LogP contribution in [-0.2, 0) is 57.0 Å². The Morgan fingerprint density at radius 3 is 1.85 bits per heavy atom. The van der Waals surface area contributed by atoms with Gasteiger partial charge in [0.15, 0.2) is 31.1 Å². The second-order valence-corrected chi connectivity index (χ2v) is 20.1. The number of carbonyl (C=O) groups excluding carboxylic acids is 2. The maximum atomic E-state index is 13.0. The van der Waals surface area contributed by atoms with Crippen molar-refractivity contribution in [2.45, 2.75) is 212 Å². The van der Waals surface area contributed by atoms with E-state index in [0.717, 1.165) is 0 Å². The summed E-state index contributed by atoms with van der Waals surface area (Å²) in [7, 11) is 1.48. The number of allylic oxidation sites excluding steroid dienone is 1. The number of aliphatic hydroxyl groups is 14. The van der Waals surface area contributed by atoms with E-state index in [0.29, 0.717) is 44.9 Å². The van der Waals surface area contributed by atoms with Gasteiger partial charge in [-0.25, -0.2) is 4.79 Å². The molecule has 26 nitrogen and oxygen atoms in total. The Morgan fingerprint density at radius 1 is 0.597 bits per heavy atom. The standard InChI is InChI=1S/C46H72O26/c1-63-26-10-18(2-8-23(26)50)3-9-32(53)64-16-30-36(57)39(60)43(72-45-41(62)37(58)34(55)28(15-47)69-45)46(71-30)68-27-13-22-24(66-42(27)19-4-6-20(48)7-5-19)11-21(49)12-25(22)67-44-40(61)38(59)35(56)29(70-44)17-65-33(54)14-31(51)52/h3,9,18-30,34-50,55-62H,2,4-8,10-17H2,1H3,(H,51,52)/p+1/t18?,19?,20?,21?,22?,23?,24?,25?,26?,27?,28-,29-,30-,34-,35-,36-,37+,38+,39+,40-,41-,42?,43-,44-,45+,46-/m1/s1. The summed E-state index contributed by atoms with van der Waals surface area (Å²) in [4.78, 5) is 36.0. The van der Waals surface area contributed by atoms with Crippen LogP contribution in [0.2, 0.25) is 0 Å². The van der Waals surface area contributed by atoms with Crippen LogP contribution >= 0.6 is 0 Å². The Labute approximate surface area is 413 Å². The number of methoxy groups -OCH3 is 1. The Morgan fingerprint density at radius 2 is 1.19 bits per heavy atom. The Hall–Kier alpha value is -2.65. The molecule has 14 N–H and O–H groups in total. The lowest BCUT2D eigenvalue weighted by Crippen LogP contribution is -2.66. The Kier molecular flexibility index (Phi) is 20.2. The lowest BCUT2D eigenvalue weighted by atomic mass is 9.73. The maximum absolute atomic E-state index is 13.0. The molecule has 0 amide bonds. The highest BCUT2D eigenvalue weighted by atomic mass is 16.8. The van der Waals surface area contributed by atoms with E-state index < -0.39 is 191 Å². The van der Waals surface area contributed by atoms with E-state index in [2.05, 4.69) is 0 Å². The molecule has 9 unspecified atom stereocenters. The summed E-state index contributed by atoms with van der Waals surface area (Å²) in [6, 6.07) is 0. The number of fused-ring (bicyclic) bond motifs is 1. The van der Waals surface area contributed by atoms with Gasteiger partial charge in [-0.05, 0) is 57.3 Å². The van der Waals surface area contributed by atoms with Gasteiger partial charge in [0, 0.05) is 31.9 Å². The van der Waals surface area contributed by atoms with Gasteiger partial charge >= 0.3 is 17.9 Å². The molecule has 4 heterocycles. The normalized spacial score (nSPS) is 47.1. The van der Waals surface area contributed by atoms with Crippen molar-refractivity contribution in [3.05, 3.63) is 12.2 Å². The topological polar surface area (TPSA) is 410 Å². The number of aliphatic carboxylic acids is 1. The zero-order valence-electron chi connectivity index (χ0n) is 39.7. The fraction of sp³-hybridized carbons (Fsp3) is 0.891. The average Bonchev–Trinajstić information content (AvgIpc) is 3.35. The summed E-state index contributed by atoms with van der Waals surface area (Å²) in [5, 5.41) is 139. The molecule has 0 radical (unpaired) electrons. The molecule has 3 aliphatic carbocycles. The molecule has 7 rings (SSSR count). The lowest BCUT2D eigenvalue weighted by molar-refractivity contribution is -0.389. The predicted molar refractivity (Wildman–Crippen MR) is 234 cm³/mol. The summed E-state index contributed by atoms with van der Waals surface area (Å²) in [6.07, 6.45) is -27.1. The number of ether oxygens (including phenoxy) is 10. The summed E-state index contributed by atoms with van der Waals surface area (Å²) in [5.74, 6) is -4.44. The van der Waals surface area contributed by atoms with Crippen molar-refractivity contribution in [1.82, 2.24) is 0 Å². The summed E-state index contributed by atoms with van der Waals surface area (Å²) < 4.78 is 57.7. The van der Waals surface area contributed by atoms with Crippen LogP contribution in [-0.4, -0.2) is 257 Å². The number of rotatable bonds is 17. The highest BCUT2D eigenvalue weighted by molar-refractivity contribution is 5.90. The van der Waals surface area contributed by atoms with Crippen molar-refractivity contribution in [2.75, 3.05) is 26.9 Å². The van der Waals surface area contributed by atoms with Crippen molar-refractivity contribution >= 4 is 17.9 Å². The van der Waals surface area contributed by atoms with Gasteiger partial charge in [0.05, 0.1) is 43.0 Å². The van der Waals surface area contributed by atoms with E-state index >= 15 is 0 Å². The lowest BCUT2D eigenvalue weighted by Gasteiger charge is -2.50. The van der Waals surface area contributed by atoms with Crippen LogP contribution in [0.5, 0.6) is 0 Å². The average molecular weight is 1040 g/mol. The SMILES string of the molecule is COC1CC(C=CC(=O)OC[C@H]2O[C@@H](OC3CC4C(O[C@@H]5O[C@H](COC(=O)CC(=O)O)[C@@H](O)[C@H](O)[C@H]5O)CC(O)CC4[OH+]C3C3CCC(O)CC3)[C@H](O[C@@H]3O[C@H](CO)[C@@H](O)[C@H](O)[C@H]3O)[C@@H](O)[C@@H]2O)CCC1O. The third-order valence-corrected chi connectivity index (χ3v) is 15.2. The van der Waals surface area contributed by atoms with Crippen LogP contribution in [0.15, 0.2) is 12.2 Å². The van der Waals surface area contributed by atoms with Crippen molar-refractivity contribution in [1.29, 1.82) is 0 Å². The molecule has 26 heteroatoms. The highest BCUT2D eigenvalue weighted by Crippen LogP contribution is 2.44. The molecule has 412 valence electrons. The monoisotopic (exact) mass is 1040 g/mol. The number of esters is 2. The molecule has 0 spiro atoms. The smallest absolute Gasteiger partial charge is 0.330 e. The number of hydrogen-bond donors (Lipinski definition) is 13. The molecule has 0 aromatic carbocycles. The van der Waals surface area contributed by atoms with Gasteiger partial charge in [0.1, 0.15) is 99.0 Å². The Balaban J connectivity index is 1.13. The van der Waals surface area contributed by atoms with Crippen LogP contribution in [0.3, 0.4) is 0 Å². The minimum absolute atomic E-state index is 0.0529. The van der Waals surface area contributed by atoms with Gasteiger partial charge in [0.2, 0.25) is 0 Å². The van der Waals surface area contributed by atoms with Gasteiger partial charge in [-0.2, -0.15) is 0 Å². The van der Waals surface area contributed by atoms with Crippen molar-refractivity contribution in [3.8, 4) is 0 Å². The second-order valence-electron chi connectivity index (χ2n) is 20.1. The summed E-state index contributed by atoms with van der Waals surface area (Å²) >= 11 is 0. The van der Waals surface area contributed by atoms with Crippen molar-refractivity contribution in [2.24, 2.45) is 17.8 Å².